The van der Waals surface area contributed by atoms with Crippen LogP contribution in [0.15, 0.2) is 36.5 Å². The second-order valence-corrected chi connectivity index (χ2v) is 4.42. The number of para-hydroxylation sites is 1. The van der Waals surface area contributed by atoms with E-state index in [1.807, 2.05) is 0 Å². The SMILES string of the molecule is CC(=O)c1cnn(-c2ccccc2)c1C(F)(F)F.CCC. The van der Waals surface area contributed by atoms with E-state index in [-0.39, 0.29) is 5.69 Å². The van der Waals surface area contributed by atoms with Crippen LogP contribution >= 0.6 is 0 Å². The number of nitrogens with zero attached hydrogens (tertiary/aromatic N) is 2. The molecule has 0 radical (unpaired) electrons. The number of alkyl halides is 3. The number of hydrogen-bond donors (Lipinski definition) is 0. The van der Waals surface area contributed by atoms with Crippen LogP contribution in [-0.4, -0.2) is 15.6 Å². The van der Waals surface area contributed by atoms with Crippen molar-refractivity contribution in [3.8, 4) is 5.69 Å². The Balaban J connectivity index is 0.000000677. The minimum Gasteiger partial charge on any atom is -0.294 e. The minimum atomic E-state index is -4.63. The summed E-state index contributed by atoms with van der Waals surface area (Å²) < 4.78 is 39.7. The lowest BCUT2D eigenvalue weighted by Gasteiger charge is -2.11. The molecule has 0 saturated heterocycles. The summed E-state index contributed by atoms with van der Waals surface area (Å²) in [5.74, 6) is -0.662. The maximum absolute atomic E-state index is 13.0. The highest BCUT2D eigenvalue weighted by Crippen LogP contribution is 2.33. The molecular formula is C15H17F3N2O. The molecule has 2 rings (SSSR count). The Hall–Kier alpha value is -2.11. The van der Waals surface area contributed by atoms with E-state index in [0.29, 0.717) is 0 Å². The molecule has 0 saturated carbocycles. The van der Waals surface area contributed by atoms with E-state index in [0.717, 1.165) is 17.8 Å². The van der Waals surface area contributed by atoms with E-state index < -0.39 is 23.2 Å². The van der Waals surface area contributed by atoms with Crippen LogP contribution in [0.25, 0.3) is 5.69 Å². The zero-order chi connectivity index (χ0) is 16.0. The molecule has 0 bridgehead atoms. The Bertz CT molecular complexity index is 589. The smallest absolute Gasteiger partial charge is 0.294 e. The summed E-state index contributed by atoms with van der Waals surface area (Å²) >= 11 is 0. The zero-order valence-corrected chi connectivity index (χ0v) is 12.1. The first-order valence-corrected chi connectivity index (χ1v) is 6.54. The molecule has 0 N–H and O–H groups in total. The highest BCUT2D eigenvalue weighted by Gasteiger charge is 2.39. The molecule has 0 spiro atoms. The van der Waals surface area contributed by atoms with Gasteiger partial charge in [0.25, 0.3) is 0 Å². The molecule has 3 nitrogen and oxygen atoms in total. The number of benzene rings is 1. The first-order chi connectivity index (χ1) is 9.82. The number of rotatable bonds is 2. The van der Waals surface area contributed by atoms with Crippen LogP contribution in [0.5, 0.6) is 0 Å². The average Bonchev–Trinajstić information content (AvgIpc) is 2.85. The van der Waals surface area contributed by atoms with Crippen molar-refractivity contribution in [2.24, 2.45) is 0 Å². The number of halogens is 3. The Morgan fingerprint density at radius 1 is 1.19 bits per heavy atom. The van der Waals surface area contributed by atoms with Crippen LogP contribution in [0.2, 0.25) is 0 Å². The molecule has 1 aromatic carbocycles. The maximum Gasteiger partial charge on any atom is 0.434 e. The van der Waals surface area contributed by atoms with Crippen molar-refractivity contribution in [1.82, 2.24) is 9.78 Å². The van der Waals surface area contributed by atoms with Crippen LogP contribution in [-0.2, 0) is 6.18 Å². The number of hydrogen-bond acceptors (Lipinski definition) is 2. The fourth-order valence-corrected chi connectivity index (χ4v) is 1.64. The monoisotopic (exact) mass is 298 g/mol. The van der Waals surface area contributed by atoms with Crippen molar-refractivity contribution in [3.63, 3.8) is 0 Å². The van der Waals surface area contributed by atoms with Crippen molar-refractivity contribution in [3.05, 3.63) is 47.8 Å². The Labute approximate surface area is 121 Å². The summed E-state index contributed by atoms with van der Waals surface area (Å²) in [4.78, 5) is 11.2. The molecule has 0 unspecified atom stereocenters. The molecular weight excluding hydrogens is 281 g/mol. The van der Waals surface area contributed by atoms with E-state index in [9.17, 15) is 18.0 Å². The molecule has 1 heterocycles. The van der Waals surface area contributed by atoms with Gasteiger partial charge in [-0.25, -0.2) is 4.68 Å². The van der Waals surface area contributed by atoms with Gasteiger partial charge in [-0.3, -0.25) is 4.79 Å². The lowest BCUT2D eigenvalue weighted by atomic mass is 10.1. The lowest BCUT2D eigenvalue weighted by Crippen LogP contribution is -2.16. The van der Waals surface area contributed by atoms with Gasteiger partial charge in [-0.15, -0.1) is 0 Å². The number of carbonyl (C=O) groups excluding carboxylic acids is 1. The van der Waals surface area contributed by atoms with E-state index in [1.54, 1.807) is 18.2 Å². The number of Topliss-reactive ketones (excluding diaryl/α,β-unsaturated/α-hetero) is 1. The Morgan fingerprint density at radius 2 is 1.71 bits per heavy atom. The van der Waals surface area contributed by atoms with E-state index in [1.165, 1.54) is 18.6 Å². The van der Waals surface area contributed by atoms with E-state index in [4.69, 9.17) is 0 Å². The summed E-state index contributed by atoms with van der Waals surface area (Å²) in [6.45, 7) is 5.33. The van der Waals surface area contributed by atoms with Gasteiger partial charge in [-0.05, 0) is 19.1 Å². The molecule has 21 heavy (non-hydrogen) atoms. The topological polar surface area (TPSA) is 34.9 Å². The molecule has 1 aromatic heterocycles. The molecule has 0 aliphatic rings. The minimum absolute atomic E-state index is 0.261. The molecule has 0 fully saturated rings. The molecule has 0 aliphatic carbocycles. The third kappa shape index (κ3) is 4.18. The highest BCUT2D eigenvalue weighted by molar-refractivity contribution is 5.95. The summed E-state index contributed by atoms with van der Waals surface area (Å²) in [5.41, 5.74) is -1.20. The van der Waals surface area contributed by atoms with Gasteiger partial charge in [0.1, 0.15) is 0 Å². The second-order valence-electron chi connectivity index (χ2n) is 4.42. The van der Waals surface area contributed by atoms with Crippen molar-refractivity contribution < 1.29 is 18.0 Å². The van der Waals surface area contributed by atoms with Gasteiger partial charge < -0.3 is 0 Å². The summed E-state index contributed by atoms with van der Waals surface area (Å²) in [5, 5.41) is 3.65. The largest absolute Gasteiger partial charge is 0.434 e. The van der Waals surface area contributed by atoms with Crippen LogP contribution in [0.3, 0.4) is 0 Å². The van der Waals surface area contributed by atoms with E-state index in [2.05, 4.69) is 18.9 Å². The number of ketones is 1. The predicted octanol–water partition coefficient (Wildman–Crippen LogP) is 4.51. The molecule has 6 heteroatoms. The van der Waals surface area contributed by atoms with Crippen molar-refractivity contribution in [2.75, 3.05) is 0 Å². The van der Waals surface area contributed by atoms with Crippen LogP contribution in [0.1, 0.15) is 43.2 Å². The summed E-state index contributed by atoms with van der Waals surface area (Å²) in [6.07, 6.45) is -2.44. The van der Waals surface area contributed by atoms with Crippen LogP contribution in [0, 0.1) is 0 Å². The quantitative estimate of drug-likeness (QED) is 0.765. The first-order valence-electron chi connectivity index (χ1n) is 6.54. The Morgan fingerprint density at radius 3 is 2.14 bits per heavy atom. The van der Waals surface area contributed by atoms with Gasteiger partial charge >= 0.3 is 6.18 Å². The predicted molar refractivity (Wildman–Crippen MR) is 74.5 cm³/mol. The van der Waals surface area contributed by atoms with Gasteiger partial charge in [0, 0.05) is 0 Å². The van der Waals surface area contributed by atoms with Gasteiger partial charge in [0.15, 0.2) is 11.5 Å². The van der Waals surface area contributed by atoms with Crippen LogP contribution in [0.4, 0.5) is 13.2 Å². The molecule has 0 atom stereocenters. The van der Waals surface area contributed by atoms with Crippen molar-refractivity contribution >= 4 is 5.78 Å². The maximum atomic E-state index is 13.0. The fraction of sp³-hybridized carbons (Fsp3) is 0.333. The third-order valence-electron chi connectivity index (χ3n) is 2.42. The third-order valence-corrected chi connectivity index (χ3v) is 2.42. The van der Waals surface area contributed by atoms with Gasteiger partial charge in [-0.1, -0.05) is 38.5 Å². The fourth-order valence-electron chi connectivity index (χ4n) is 1.64. The number of carbonyl (C=O) groups is 1. The van der Waals surface area contributed by atoms with Gasteiger partial charge in [-0.2, -0.15) is 18.3 Å². The Kier molecular flexibility index (Phi) is 5.69. The summed E-state index contributed by atoms with van der Waals surface area (Å²) in [6, 6.07) is 7.87. The first kappa shape index (κ1) is 16.9. The zero-order valence-electron chi connectivity index (χ0n) is 12.1. The van der Waals surface area contributed by atoms with E-state index >= 15 is 0 Å². The molecule has 0 amide bonds. The number of aromatic nitrogens is 2. The van der Waals surface area contributed by atoms with Crippen LogP contribution < -0.4 is 0 Å². The molecule has 0 aliphatic heterocycles. The van der Waals surface area contributed by atoms with Crippen molar-refractivity contribution in [1.29, 1.82) is 0 Å². The standard InChI is InChI=1S/C12H9F3N2O.C3H8/c1-8(18)10-7-16-17(11(10)12(13,14)15)9-5-3-2-4-6-9;1-3-2/h2-7H,1H3;3H2,1-2H3. The summed E-state index contributed by atoms with van der Waals surface area (Å²) in [7, 11) is 0. The van der Waals surface area contributed by atoms with Crippen molar-refractivity contribution in [2.45, 2.75) is 33.4 Å². The second kappa shape index (κ2) is 7.06. The highest BCUT2D eigenvalue weighted by atomic mass is 19.4. The lowest BCUT2D eigenvalue weighted by molar-refractivity contribution is -0.143. The molecule has 114 valence electrons. The van der Waals surface area contributed by atoms with Gasteiger partial charge in [0.2, 0.25) is 0 Å². The molecule has 2 aromatic rings. The average molecular weight is 298 g/mol. The normalized spacial score (nSPS) is 10.8. The van der Waals surface area contributed by atoms with Gasteiger partial charge in [0.05, 0.1) is 17.4 Å².